The predicted molar refractivity (Wildman–Crippen MR) is 99.1 cm³/mol. The van der Waals surface area contributed by atoms with Crippen molar-refractivity contribution in [1.29, 1.82) is 0 Å². The Morgan fingerprint density at radius 2 is 1.73 bits per heavy atom. The first kappa shape index (κ1) is 20.4. The van der Waals surface area contributed by atoms with Crippen LogP contribution in [-0.4, -0.2) is 30.5 Å². The van der Waals surface area contributed by atoms with Crippen LogP contribution >= 0.6 is 23.2 Å². The maximum absolute atomic E-state index is 12.4. The minimum atomic E-state index is -2.85. The monoisotopic (exact) mass is 402 g/mol. The largest absolute Gasteiger partial charge is 0.435 e. The molecule has 0 aliphatic carbocycles. The molecule has 0 aromatic heterocycles. The Labute approximate surface area is 160 Å². The molecule has 2 aromatic carbocycles. The maximum atomic E-state index is 12.4. The van der Waals surface area contributed by atoms with Crippen LogP contribution < -0.4 is 10.1 Å². The van der Waals surface area contributed by atoms with Crippen molar-refractivity contribution in [3.05, 3.63) is 58.1 Å². The molecule has 0 saturated carbocycles. The van der Waals surface area contributed by atoms with E-state index in [1.165, 1.54) is 12.1 Å². The van der Waals surface area contributed by atoms with Crippen molar-refractivity contribution < 1.29 is 18.3 Å². The summed E-state index contributed by atoms with van der Waals surface area (Å²) in [6.45, 7) is -0.637. The number of anilines is 1. The lowest BCUT2D eigenvalue weighted by molar-refractivity contribution is -0.120. The van der Waals surface area contributed by atoms with E-state index < -0.39 is 12.7 Å². The lowest BCUT2D eigenvalue weighted by Gasteiger charge is -2.24. The van der Waals surface area contributed by atoms with Gasteiger partial charge in [0.2, 0.25) is 5.91 Å². The average molecular weight is 403 g/mol. The van der Waals surface area contributed by atoms with E-state index in [4.69, 9.17) is 23.2 Å². The number of nitrogens with zero attached hydrogens (tertiary/aromatic N) is 1. The van der Waals surface area contributed by atoms with E-state index in [1.54, 1.807) is 44.3 Å². The molecule has 4 nitrogen and oxygen atoms in total. The smallest absolute Gasteiger partial charge is 0.387 e. The first-order valence-corrected chi connectivity index (χ1v) is 8.51. The van der Waals surface area contributed by atoms with Gasteiger partial charge in [0, 0.05) is 22.3 Å². The van der Waals surface area contributed by atoms with Crippen molar-refractivity contribution in [2.45, 2.75) is 26.1 Å². The highest BCUT2D eigenvalue weighted by atomic mass is 35.5. The second kappa shape index (κ2) is 9.16. The van der Waals surface area contributed by atoms with Crippen LogP contribution in [-0.2, 0) is 11.3 Å². The molecule has 0 aliphatic rings. The van der Waals surface area contributed by atoms with E-state index in [0.717, 1.165) is 5.56 Å². The Morgan fingerprint density at radius 1 is 1.15 bits per heavy atom. The van der Waals surface area contributed by atoms with Gasteiger partial charge >= 0.3 is 6.61 Å². The molecule has 0 fully saturated rings. The molecule has 2 rings (SSSR count). The highest BCUT2D eigenvalue weighted by Gasteiger charge is 2.18. The van der Waals surface area contributed by atoms with Crippen LogP contribution in [0.2, 0.25) is 10.0 Å². The third kappa shape index (κ3) is 6.12. The number of hydrogen-bond acceptors (Lipinski definition) is 3. The molecule has 2 aromatic rings. The lowest BCUT2D eigenvalue weighted by Crippen LogP contribution is -2.39. The molecule has 0 heterocycles. The standard InChI is InChI=1S/C18H18Cl2F2N2O2/c1-11(17(25)23-15-8-13(19)7-14(20)9-15)24(2)10-12-3-5-16(6-4-12)26-18(21)22/h3-9,11,18H,10H2,1-2H3,(H,23,25)/t11-/m1/s1. The summed E-state index contributed by atoms with van der Waals surface area (Å²) < 4.78 is 28.6. The number of likely N-dealkylation sites (N-methyl/N-ethyl adjacent to an activating group) is 1. The second-order valence-corrected chi connectivity index (χ2v) is 6.63. The fourth-order valence-corrected chi connectivity index (χ4v) is 2.80. The van der Waals surface area contributed by atoms with Crippen LogP contribution in [0.5, 0.6) is 5.75 Å². The number of amides is 1. The van der Waals surface area contributed by atoms with Crippen LogP contribution in [0.1, 0.15) is 12.5 Å². The molecule has 0 unspecified atom stereocenters. The van der Waals surface area contributed by atoms with E-state index in [0.29, 0.717) is 22.3 Å². The van der Waals surface area contributed by atoms with Gasteiger partial charge in [-0.3, -0.25) is 9.69 Å². The van der Waals surface area contributed by atoms with Crippen LogP contribution in [0.15, 0.2) is 42.5 Å². The maximum Gasteiger partial charge on any atom is 0.387 e. The molecule has 0 saturated heterocycles. The number of carbonyl (C=O) groups is 1. The van der Waals surface area contributed by atoms with Gasteiger partial charge in [-0.15, -0.1) is 0 Å². The van der Waals surface area contributed by atoms with Crippen LogP contribution in [0.3, 0.4) is 0 Å². The fourth-order valence-electron chi connectivity index (χ4n) is 2.27. The first-order valence-electron chi connectivity index (χ1n) is 7.75. The molecule has 0 bridgehead atoms. The molecule has 0 radical (unpaired) electrons. The summed E-state index contributed by atoms with van der Waals surface area (Å²) in [6, 6.07) is 10.6. The number of nitrogens with one attached hydrogen (secondary N) is 1. The number of ether oxygens (including phenoxy) is 1. The number of hydrogen-bond donors (Lipinski definition) is 1. The van der Waals surface area contributed by atoms with Crippen molar-refractivity contribution in [3.63, 3.8) is 0 Å². The summed E-state index contributed by atoms with van der Waals surface area (Å²) >= 11 is 11.8. The van der Waals surface area contributed by atoms with Gasteiger partial charge in [-0.05, 0) is 49.9 Å². The van der Waals surface area contributed by atoms with Gasteiger partial charge in [0.1, 0.15) is 5.75 Å². The van der Waals surface area contributed by atoms with Crippen LogP contribution in [0, 0.1) is 0 Å². The zero-order chi connectivity index (χ0) is 19.3. The number of carbonyl (C=O) groups excluding carboxylic acids is 1. The summed E-state index contributed by atoms with van der Waals surface area (Å²) in [6.07, 6.45) is 0. The topological polar surface area (TPSA) is 41.6 Å². The minimum absolute atomic E-state index is 0.0926. The molecule has 1 atom stereocenters. The lowest BCUT2D eigenvalue weighted by atomic mass is 10.1. The normalized spacial score (nSPS) is 12.3. The third-order valence-electron chi connectivity index (χ3n) is 3.75. The zero-order valence-corrected chi connectivity index (χ0v) is 15.7. The van der Waals surface area contributed by atoms with Gasteiger partial charge < -0.3 is 10.1 Å². The molecule has 1 amide bonds. The van der Waals surface area contributed by atoms with Crippen molar-refractivity contribution in [2.75, 3.05) is 12.4 Å². The number of halogens is 4. The molecule has 26 heavy (non-hydrogen) atoms. The predicted octanol–water partition coefficient (Wildman–Crippen LogP) is 5.05. The Balaban J connectivity index is 1.95. The van der Waals surface area contributed by atoms with E-state index >= 15 is 0 Å². The first-order chi connectivity index (χ1) is 12.2. The highest BCUT2D eigenvalue weighted by molar-refractivity contribution is 6.35. The van der Waals surface area contributed by atoms with Gasteiger partial charge in [-0.2, -0.15) is 8.78 Å². The van der Waals surface area contributed by atoms with E-state index in [-0.39, 0.29) is 11.7 Å². The zero-order valence-electron chi connectivity index (χ0n) is 14.2. The van der Waals surface area contributed by atoms with Crippen LogP contribution in [0.4, 0.5) is 14.5 Å². The van der Waals surface area contributed by atoms with E-state index in [1.807, 2.05) is 4.90 Å². The quantitative estimate of drug-likeness (QED) is 0.703. The molecule has 0 spiro atoms. The Bertz CT molecular complexity index is 737. The average Bonchev–Trinajstić information content (AvgIpc) is 2.54. The van der Waals surface area contributed by atoms with Gasteiger partial charge in [0.15, 0.2) is 0 Å². The molecule has 0 aliphatic heterocycles. The van der Waals surface area contributed by atoms with E-state index in [9.17, 15) is 13.6 Å². The number of benzene rings is 2. The summed E-state index contributed by atoms with van der Waals surface area (Å²) in [7, 11) is 1.79. The SMILES string of the molecule is C[C@H](C(=O)Nc1cc(Cl)cc(Cl)c1)N(C)Cc1ccc(OC(F)F)cc1. The molecule has 8 heteroatoms. The van der Waals surface area contributed by atoms with Crippen molar-refractivity contribution in [2.24, 2.45) is 0 Å². The van der Waals surface area contributed by atoms with Gasteiger partial charge in [0.25, 0.3) is 0 Å². The molecular formula is C18H18Cl2F2N2O2. The van der Waals surface area contributed by atoms with Crippen LogP contribution in [0.25, 0.3) is 0 Å². The number of alkyl halides is 2. The molecular weight excluding hydrogens is 385 g/mol. The van der Waals surface area contributed by atoms with Gasteiger partial charge in [0.05, 0.1) is 6.04 Å². The Hall–Kier alpha value is -1.89. The minimum Gasteiger partial charge on any atom is -0.435 e. The number of rotatable bonds is 7. The van der Waals surface area contributed by atoms with Crippen molar-refractivity contribution in [3.8, 4) is 5.75 Å². The van der Waals surface area contributed by atoms with Gasteiger partial charge in [-0.25, -0.2) is 0 Å². The van der Waals surface area contributed by atoms with Gasteiger partial charge in [-0.1, -0.05) is 35.3 Å². The Kier molecular flexibility index (Phi) is 7.20. The Morgan fingerprint density at radius 3 is 2.27 bits per heavy atom. The van der Waals surface area contributed by atoms with E-state index in [2.05, 4.69) is 10.1 Å². The van der Waals surface area contributed by atoms with Crippen molar-refractivity contribution in [1.82, 2.24) is 4.90 Å². The summed E-state index contributed by atoms with van der Waals surface area (Å²) in [5, 5.41) is 3.63. The summed E-state index contributed by atoms with van der Waals surface area (Å²) in [5.41, 5.74) is 1.38. The second-order valence-electron chi connectivity index (χ2n) is 5.76. The summed E-state index contributed by atoms with van der Waals surface area (Å²) in [4.78, 5) is 14.2. The fraction of sp³-hybridized carbons (Fsp3) is 0.278. The molecule has 140 valence electrons. The summed E-state index contributed by atoms with van der Waals surface area (Å²) in [5.74, 6) is -0.126. The molecule has 1 N–H and O–H groups in total. The third-order valence-corrected chi connectivity index (χ3v) is 4.19. The van der Waals surface area contributed by atoms with Crippen molar-refractivity contribution >= 4 is 34.8 Å². The highest BCUT2D eigenvalue weighted by Crippen LogP contribution is 2.23.